The van der Waals surface area contributed by atoms with E-state index in [-0.39, 0.29) is 0 Å². The fraction of sp³-hybridized carbons (Fsp3) is 0.750. The Hall–Kier alpha value is 0.190. The molecule has 7 heavy (non-hydrogen) atoms. The molecule has 0 heterocycles. The predicted molar refractivity (Wildman–Crippen MR) is 36.1 cm³/mol. The highest BCUT2D eigenvalue weighted by molar-refractivity contribution is 7.47. The van der Waals surface area contributed by atoms with Crippen molar-refractivity contribution < 1.29 is 0 Å². The molecule has 2 atom stereocenters. The van der Waals surface area contributed by atoms with Gasteiger partial charge in [-0.2, -0.15) is 0 Å². The van der Waals surface area contributed by atoms with Gasteiger partial charge in [0.15, 0.2) is 0 Å². The Balaban J connectivity index is 2.30. The average molecular weight is 131 g/mol. The zero-order valence-corrected chi connectivity index (χ0v) is 5.61. The fourth-order valence-corrected chi connectivity index (χ4v) is 1.10. The van der Waals surface area contributed by atoms with Gasteiger partial charge < -0.3 is 0 Å². The van der Waals surface area contributed by atoms with E-state index in [0.29, 0.717) is 12.0 Å². The van der Waals surface area contributed by atoms with Crippen LogP contribution < -0.4 is 0 Å². The summed E-state index contributed by atoms with van der Waals surface area (Å²) in [6.45, 7) is 0. The second kappa shape index (κ2) is 1.97. The van der Waals surface area contributed by atoms with E-state index in [2.05, 4.69) is 25.7 Å². The monoisotopic (exact) mass is 131 g/mol. The van der Waals surface area contributed by atoms with Crippen LogP contribution in [0.5, 0.6) is 0 Å². The lowest BCUT2D eigenvalue weighted by Crippen LogP contribution is -1.78. The van der Waals surface area contributed by atoms with Gasteiger partial charge in [-0.05, 0) is 6.42 Å². The molecule has 3 heteroatoms. The molecule has 0 unspecified atom stereocenters. The molecular weight excluding hydrogens is 125 g/mol. The summed E-state index contributed by atoms with van der Waals surface area (Å²) in [6.07, 6.45) is 1.15. The summed E-state index contributed by atoms with van der Waals surface area (Å²) in [5.74, 6) is 2.61. The van der Waals surface area contributed by atoms with Crippen molar-refractivity contribution >= 4 is 27.1 Å². The number of hydrogen-bond donors (Lipinski definition) is 0. The van der Waals surface area contributed by atoms with Gasteiger partial charge in [-0.1, -0.05) is 5.80 Å². The molecule has 0 amide bonds. The highest BCUT2D eigenvalue weighted by Crippen LogP contribution is 2.31. The van der Waals surface area contributed by atoms with Gasteiger partial charge >= 0.3 is 0 Å². The summed E-state index contributed by atoms with van der Waals surface area (Å²) in [4.78, 5) is 0. The summed E-state index contributed by atoms with van der Waals surface area (Å²) in [5, 5.41) is 0. The molecule has 1 rings (SSSR count). The molecule has 0 radical (unpaired) electrons. The van der Waals surface area contributed by atoms with E-state index in [1.54, 1.807) is 0 Å². The van der Waals surface area contributed by atoms with Crippen LogP contribution in [0.2, 0.25) is 0 Å². The summed E-state index contributed by atoms with van der Waals surface area (Å²) in [6, 6.07) is 0.451. The number of hydrogen-bond acceptors (Lipinski definition) is 2. The lowest BCUT2D eigenvalue weighted by molar-refractivity contribution is 1.05. The molecule has 0 aromatic rings. The first-order chi connectivity index (χ1) is 3.38. The molecule has 0 spiro atoms. The first-order valence-corrected chi connectivity index (χ1v) is 3.16. The minimum atomic E-state index is 0.451. The molecule has 1 aliphatic rings. The van der Waals surface area contributed by atoms with Crippen LogP contribution in [-0.2, 0) is 12.4 Å². The Kier molecular flexibility index (Phi) is 1.50. The zero-order valence-electron chi connectivity index (χ0n) is 3.79. The normalized spacial score (nSPS) is 37.1. The number of rotatable bonds is 2. The van der Waals surface area contributed by atoms with Gasteiger partial charge in [-0.15, -0.1) is 8.86 Å². The van der Waals surface area contributed by atoms with Crippen LogP contribution in [-0.4, -0.2) is 11.8 Å². The maximum absolute atomic E-state index is 4.47. The largest absolute Gasteiger partial charge is 0.216 e. The minimum Gasteiger partial charge on any atom is -0.216 e. The van der Waals surface area contributed by atoms with Gasteiger partial charge in [-0.3, -0.25) is 0 Å². The number of nitrogens with zero attached hydrogens (tertiary/aromatic N) is 1. The van der Waals surface area contributed by atoms with Crippen LogP contribution in [0.4, 0.5) is 0 Å². The van der Waals surface area contributed by atoms with Crippen molar-refractivity contribution in [2.45, 2.75) is 12.5 Å². The fourth-order valence-electron chi connectivity index (χ4n) is 0.501. The van der Waals surface area contributed by atoms with Gasteiger partial charge in [0.1, 0.15) is 0 Å². The van der Waals surface area contributed by atoms with Crippen molar-refractivity contribution in [2.75, 3.05) is 0 Å². The van der Waals surface area contributed by atoms with E-state index in [0.717, 1.165) is 6.42 Å². The quantitative estimate of drug-likeness (QED) is 0.510. The molecule has 1 aliphatic carbocycles. The van der Waals surface area contributed by atoms with Crippen molar-refractivity contribution in [3.05, 3.63) is 0 Å². The Labute approximate surface area is 50.5 Å². The van der Waals surface area contributed by atoms with Crippen molar-refractivity contribution in [2.24, 2.45) is 10.3 Å². The Morgan fingerprint density at radius 3 is 2.71 bits per heavy atom. The molecule has 38 valence electrons. The average Bonchev–Trinajstić information content (AvgIpc) is 2.43. The van der Waals surface area contributed by atoms with Gasteiger partial charge in [-0.25, -0.2) is 4.36 Å². The van der Waals surface area contributed by atoms with Crippen LogP contribution in [0, 0.1) is 5.92 Å². The van der Waals surface area contributed by atoms with Gasteiger partial charge in [0.2, 0.25) is 0 Å². The van der Waals surface area contributed by atoms with E-state index in [1.165, 1.54) is 0 Å². The van der Waals surface area contributed by atoms with E-state index >= 15 is 0 Å². The van der Waals surface area contributed by atoms with Crippen molar-refractivity contribution in [1.82, 2.24) is 0 Å². The predicted octanol–water partition coefficient (Wildman–Crippen LogP) is 1.05. The molecular formula is C4H6NPS. The summed E-state index contributed by atoms with van der Waals surface area (Å²) < 4.78 is 3.67. The molecule has 0 N–H and O–H groups in total. The minimum absolute atomic E-state index is 0.451. The highest BCUT2D eigenvalue weighted by atomic mass is 32.1. The molecule has 0 aromatic carbocycles. The van der Waals surface area contributed by atoms with E-state index in [4.69, 9.17) is 0 Å². The Morgan fingerprint density at radius 1 is 1.86 bits per heavy atom. The van der Waals surface area contributed by atoms with Crippen molar-refractivity contribution in [3.8, 4) is 0 Å². The third-order valence-corrected chi connectivity index (χ3v) is 1.85. The first kappa shape index (κ1) is 5.33. The second-order valence-electron chi connectivity index (χ2n) is 1.74. The third kappa shape index (κ3) is 1.05. The molecule has 1 nitrogen and oxygen atoms in total. The molecule has 0 saturated heterocycles. The Morgan fingerprint density at radius 2 is 2.57 bits per heavy atom. The van der Waals surface area contributed by atoms with Gasteiger partial charge in [0.05, 0.1) is 6.04 Å². The van der Waals surface area contributed by atoms with Gasteiger partial charge in [0.25, 0.3) is 0 Å². The first-order valence-electron chi connectivity index (χ1n) is 2.21. The highest BCUT2D eigenvalue weighted by Gasteiger charge is 2.33. The summed E-state index contributed by atoms with van der Waals surface area (Å²) in [7, 11) is 3.27. The van der Waals surface area contributed by atoms with E-state index in [9.17, 15) is 0 Å². The van der Waals surface area contributed by atoms with Crippen molar-refractivity contribution in [3.63, 3.8) is 0 Å². The van der Waals surface area contributed by atoms with Crippen LogP contribution in [0.25, 0.3) is 0 Å². The van der Waals surface area contributed by atoms with Crippen LogP contribution in [0.3, 0.4) is 0 Å². The van der Waals surface area contributed by atoms with E-state index < -0.39 is 0 Å². The Bertz CT molecular complexity index is 91.9. The topological polar surface area (TPSA) is 12.4 Å². The molecule has 1 fully saturated rings. The van der Waals surface area contributed by atoms with Crippen LogP contribution >= 0.6 is 8.86 Å². The smallest absolute Gasteiger partial charge is 0.0703 e. The zero-order chi connectivity index (χ0) is 5.28. The van der Waals surface area contributed by atoms with E-state index in [1.807, 2.05) is 5.80 Å². The molecule has 0 aliphatic heterocycles. The van der Waals surface area contributed by atoms with Crippen LogP contribution in [0.15, 0.2) is 4.36 Å². The summed E-state index contributed by atoms with van der Waals surface area (Å²) >= 11 is 4.47. The van der Waals surface area contributed by atoms with Crippen LogP contribution in [0.1, 0.15) is 6.42 Å². The standard InChI is InChI=1S/C4H6NPS/c6-2-3-1-4(3)5-7/h2-4,6H,1H2/t3-,4+/m1/s1. The maximum Gasteiger partial charge on any atom is 0.0703 e. The van der Waals surface area contributed by atoms with Crippen molar-refractivity contribution in [1.29, 1.82) is 0 Å². The maximum atomic E-state index is 4.47. The molecule has 1 saturated carbocycles. The third-order valence-electron chi connectivity index (χ3n) is 1.15. The summed E-state index contributed by atoms with van der Waals surface area (Å²) in [5.41, 5.74) is 0. The lowest BCUT2D eigenvalue weighted by atomic mass is 10.5. The SMILES string of the molecule is P=C[C@H]1C[C@@H]1N=S. The second-order valence-corrected chi connectivity index (χ2v) is 2.28. The molecule has 0 aromatic heterocycles. The molecule has 0 bridgehead atoms. The lowest BCUT2D eigenvalue weighted by Gasteiger charge is -1.73. The van der Waals surface area contributed by atoms with Gasteiger partial charge in [0, 0.05) is 18.3 Å².